The smallest absolute Gasteiger partial charge is 0.309 e. The molecule has 0 aliphatic carbocycles. The highest BCUT2D eigenvalue weighted by molar-refractivity contribution is 5.85. The summed E-state index contributed by atoms with van der Waals surface area (Å²) in [4.78, 5) is 18.2. The first-order valence-electron chi connectivity index (χ1n) is 6.52. The number of piperidine rings is 1. The van der Waals surface area contributed by atoms with E-state index in [1.54, 1.807) is 6.20 Å². The van der Waals surface area contributed by atoms with Crippen LogP contribution in [0.15, 0.2) is 24.5 Å². The summed E-state index contributed by atoms with van der Waals surface area (Å²) in [6.07, 6.45) is 5.35. The SMILES string of the molecule is CC(C)OC(=O)C1CCN(c2cccnc2)CC1.Cl.Cl. The Balaban J connectivity index is 0.00000180. The maximum Gasteiger partial charge on any atom is 0.309 e. The number of rotatable bonds is 3. The fourth-order valence-corrected chi connectivity index (χ4v) is 2.24. The summed E-state index contributed by atoms with van der Waals surface area (Å²) in [6.45, 7) is 5.57. The molecule has 0 N–H and O–H groups in total. The van der Waals surface area contributed by atoms with Gasteiger partial charge >= 0.3 is 5.97 Å². The van der Waals surface area contributed by atoms with E-state index in [1.807, 2.05) is 26.1 Å². The number of anilines is 1. The zero-order valence-electron chi connectivity index (χ0n) is 11.8. The summed E-state index contributed by atoms with van der Waals surface area (Å²) >= 11 is 0. The number of nitrogens with zero attached hydrogens (tertiary/aromatic N) is 2. The van der Waals surface area contributed by atoms with Crippen molar-refractivity contribution in [1.82, 2.24) is 4.98 Å². The fraction of sp³-hybridized carbons (Fsp3) is 0.571. The van der Waals surface area contributed by atoms with Crippen molar-refractivity contribution >= 4 is 36.5 Å². The first kappa shape index (κ1) is 19.0. The Bertz CT molecular complexity index is 393. The molecule has 0 bridgehead atoms. The van der Waals surface area contributed by atoms with Gasteiger partial charge < -0.3 is 9.64 Å². The van der Waals surface area contributed by atoms with Crippen LogP contribution in [0.4, 0.5) is 5.69 Å². The molecule has 0 saturated carbocycles. The van der Waals surface area contributed by atoms with Gasteiger partial charge in [-0.2, -0.15) is 0 Å². The van der Waals surface area contributed by atoms with E-state index >= 15 is 0 Å². The second kappa shape index (κ2) is 9.03. The molecule has 0 unspecified atom stereocenters. The molecule has 2 heterocycles. The van der Waals surface area contributed by atoms with Gasteiger partial charge in [0.05, 0.1) is 23.9 Å². The number of hydrogen-bond donors (Lipinski definition) is 0. The Labute approximate surface area is 132 Å². The van der Waals surface area contributed by atoms with Crippen molar-refractivity contribution in [3.8, 4) is 0 Å². The Kier molecular flexibility index (Phi) is 8.58. The standard InChI is InChI=1S/C14H20N2O2.2ClH/c1-11(2)18-14(17)12-5-8-16(9-6-12)13-4-3-7-15-10-13;;/h3-4,7,10-12H,5-6,8-9H2,1-2H3;2*1H. The van der Waals surface area contributed by atoms with Gasteiger partial charge in [-0.25, -0.2) is 0 Å². The maximum absolute atomic E-state index is 11.8. The highest BCUT2D eigenvalue weighted by atomic mass is 35.5. The van der Waals surface area contributed by atoms with Crippen LogP contribution in [-0.4, -0.2) is 30.1 Å². The van der Waals surface area contributed by atoms with E-state index in [1.165, 1.54) is 0 Å². The molecule has 0 spiro atoms. The third-order valence-corrected chi connectivity index (χ3v) is 3.19. The van der Waals surface area contributed by atoms with Gasteiger partial charge in [0, 0.05) is 19.3 Å². The second-order valence-corrected chi connectivity index (χ2v) is 4.96. The first-order chi connectivity index (χ1) is 8.66. The molecule has 0 amide bonds. The van der Waals surface area contributed by atoms with Crippen LogP contribution < -0.4 is 4.90 Å². The van der Waals surface area contributed by atoms with Crippen molar-refractivity contribution in [2.24, 2.45) is 5.92 Å². The molecular weight excluding hydrogens is 299 g/mol. The zero-order chi connectivity index (χ0) is 13.0. The van der Waals surface area contributed by atoms with Crippen LogP contribution in [0.3, 0.4) is 0 Å². The van der Waals surface area contributed by atoms with E-state index in [-0.39, 0.29) is 42.8 Å². The summed E-state index contributed by atoms with van der Waals surface area (Å²) in [7, 11) is 0. The number of halogens is 2. The number of carbonyl (C=O) groups excluding carboxylic acids is 1. The molecule has 6 heteroatoms. The third kappa shape index (κ3) is 5.17. The lowest BCUT2D eigenvalue weighted by Gasteiger charge is -2.32. The van der Waals surface area contributed by atoms with E-state index in [9.17, 15) is 4.79 Å². The normalized spacial score (nSPS) is 15.2. The van der Waals surface area contributed by atoms with E-state index in [4.69, 9.17) is 4.74 Å². The Hall–Kier alpha value is -1.00. The lowest BCUT2D eigenvalue weighted by atomic mass is 9.96. The molecule has 1 aromatic rings. The average molecular weight is 321 g/mol. The van der Waals surface area contributed by atoms with Crippen molar-refractivity contribution < 1.29 is 9.53 Å². The Morgan fingerprint density at radius 1 is 1.35 bits per heavy atom. The van der Waals surface area contributed by atoms with E-state index in [0.29, 0.717) is 0 Å². The largest absolute Gasteiger partial charge is 0.463 e. The molecule has 4 nitrogen and oxygen atoms in total. The summed E-state index contributed by atoms with van der Waals surface area (Å²) < 4.78 is 5.26. The first-order valence-corrected chi connectivity index (χ1v) is 6.52. The number of aromatic nitrogens is 1. The fourth-order valence-electron chi connectivity index (χ4n) is 2.24. The van der Waals surface area contributed by atoms with E-state index in [2.05, 4.69) is 16.0 Å². The molecule has 1 aliphatic heterocycles. The summed E-state index contributed by atoms with van der Waals surface area (Å²) in [5.74, 6) is 0.0103. The van der Waals surface area contributed by atoms with Gasteiger partial charge in [-0.3, -0.25) is 9.78 Å². The van der Waals surface area contributed by atoms with Crippen LogP contribution >= 0.6 is 24.8 Å². The topological polar surface area (TPSA) is 42.4 Å². The predicted molar refractivity (Wildman–Crippen MR) is 84.9 cm³/mol. The van der Waals surface area contributed by atoms with Gasteiger partial charge in [-0.05, 0) is 38.8 Å². The average Bonchev–Trinajstić information content (AvgIpc) is 2.39. The van der Waals surface area contributed by atoms with Gasteiger partial charge in [0.15, 0.2) is 0 Å². The number of hydrogen-bond acceptors (Lipinski definition) is 4. The molecule has 20 heavy (non-hydrogen) atoms. The molecule has 0 aromatic carbocycles. The summed E-state index contributed by atoms with van der Waals surface area (Å²) in [5.41, 5.74) is 1.13. The molecule has 114 valence electrons. The third-order valence-electron chi connectivity index (χ3n) is 3.19. The van der Waals surface area contributed by atoms with Crippen LogP contribution in [0, 0.1) is 5.92 Å². The van der Waals surface area contributed by atoms with E-state index < -0.39 is 0 Å². The van der Waals surface area contributed by atoms with Gasteiger partial charge in [0.2, 0.25) is 0 Å². The zero-order valence-corrected chi connectivity index (χ0v) is 13.5. The predicted octanol–water partition coefficient (Wildman–Crippen LogP) is 3.09. The molecular formula is C14H22Cl2N2O2. The van der Waals surface area contributed by atoms with Gasteiger partial charge in [-0.15, -0.1) is 24.8 Å². The van der Waals surface area contributed by atoms with Gasteiger partial charge in [-0.1, -0.05) is 0 Å². The van der Waals surface area contributed by atoms with Crippen LogP contribution in [0.1, 0.15) is 26.7 Å². The minimum atomic E-state index is -0.0455. The maximum atomic E-state index is 11.8. The van der Waals surface area contributed by atoms with Crippen LogP contribution in [0.2, 0.25) is 0 Å². The molecule has 0 atom stereocenters. The Morgan fingerprint density at radius 2 is 2.00 bits per heavy atom. The number of carbonyl (C=O) groups is 1. The molecule has 1 aliphatic rings. The van der Waals surface area contributed by atoms with Crippen molar-refractivity contribution in [2.45, 2.75) is 32.8 Å². The van der Waals surface area contributed by atoms with Crippen LogP contribution in [0.5, 0.6) is 0 Å². The number of esters is 1. The molecule has 1 aromatic heterocycles. The van der Waals surface area contributed by atoms with Crippen molar-refractivity contribution in [2.75, 3.05) is 18.0 Å². The second-order valence-electron chi connectivity index (χ2n) is 4.96. The van der Waals surface area contributed by atoms with E-state index in [0.717, 1.165) is 31.6 Å². The minimum absolute atomic E-state index is 0. The summed E-state index contributed by atoms with van der Waals surface area (Å²) in [5, 5.41) is 0. The summed E-state index contributed by atoms with van der Waals surface area (Å²) in [6, 6.07) is 3.99. The number of ether oxygens (including phenoxy) is 1. The lowest BCUT2D eigenvalue weighted by Crippen LogP contribution is -2.37. The van der Waals surface area contributed by atoms with Crippen molar-refractivity contribution in [3.63, 3.8) is 0 Å². The molecule has 2 rings (SSSR count). The highest BCUT2D eigenvalue weighted by Crippen LogP contribution is 2.23. The number of pyridine rings is 1. The minimum Gasteiger partial charge on any atom is -0.463 e. The van der Waals surface area contributed by atoms with Crippen molar-refractivity contribution in [1.29, 1.82) is 0 Å². The van der Waals surface area contributed by atoms with Crippen LogP contribution in [-0.2, 0) is 9.53 Å². The molecule has 1 fully saturated rings. The monoisotopic (exact) mass is 320 g/mol. The quantitative estimate of drug-likeness (QED) is 0.803. The highest BCUT2D eigenvalue weighted by Gasteiger charge is 2.26. The van der Waals surface area contributed by atoms with Gasteiger partial charge in [0.25, 0.3) is 0 Å². The lowest BCUT2D eigenvalue weighted by molar-refractivity contribution is -0.153. The van der Waals surface area contributed by atoms with Gasteiger partial charge in [0.1, 0.15) is 0 Å². The van der Waals surface area contributed by atoms with Crippen LogP contribution in [0.25, 0.3) is 0 Å². The molecule has 0 radical (unpaired) electrons. The Morgan fingerprint density at radius 3 is 2.50 bits per heavy atom. The molecule has 1 saturated heterocycles. The van der Waals surface area contributed by atoms with Crippen molar-refractivity contribution in [3.05, 3.63) is 24.5 Å².